The molecule has 0 fully saturated rings. The summed E-state index contributed by atoms with van der Waals surface area (Å²) in [4.78, 5) is 3.18. The molecule has 1 heterocycles. The standard InChI is InChI=1S/C13H18N2O2S/c1-2-9-18(16,17)15-8-7-11-10-14-13-6-4-3-5-12(11)13/h3-6,10,14-15H,2,7-9H2,1H3. The molecular formula is C13H18N2O2S. The largest absolute Gasteiger partial charge is 0.361 e. The monoisotopic (exact) mass is 266 g/mol. The van der Waals surface area contributed by atoms with Crippen LogP contribution in [0.25, 0.3) is 10.9 Å². The number of nitrogens with one attached hydrogen (secondary N) is 2. The van der Waals surface area contributed by atoms with Crippen LogP contribution in [0.2, 0.25) is 0 Å². The van der Waals surface area contributed by atoms with Crippen LogP contribution < -0.4 is 4.72 Å². The van der Waals surface area contributed by atoms with Crippen molar-refractivity contribution in [2.24, 2.45) is 0 Å². The highest BCUT2D eigenvalue weighted by Crippen LogP contribution is 2.17. The normalized spacial score (nSPS) is 12.1. The molecule has 2 rings (SSSR count). The molecule has 0 aliphatic carbocycles. The van der Waals surface area contributed by atoms with Crippen molar-refractivity contribution in [2.75, 3.05) is 12.3 Å². The summed E-state index contributed by atoms with van der Waals surface area (Å²) in [5, 5.41) is 1.16. The second kappa shape index (κ2) is 5.54. The van der Waals surface area contributed by atoms with E-state index in [1.807, 2.05) is 37.4 Å². The lowest BCUT2D eigenvalue weighted by molar-refractivity contribution is 0.580. The Hall–Kier alpha value is -1.33. The maximum absolute atomic E-state index is 11.5. The molecule has 5 heteroatoms. The van der Waals surface area contributed by atoms with Crippen LogP contribution in [0.3, 0.4) is 0 Å². The molecule has 0 saturated carbocycles. The van der Waals surface area contributed by atoms with Gasteiger partial charge in [-0.05, 0) is 24.5 Å². The van der Waals surface area contributed by atoms with Crippen molar-refractivity contribution < 1.29 is 8.42 Å². The Labute approximate surface area is 107 Å². The van der Waals surface area contributed by atoms with E-state index >= 15 is 0 Å². The summed E-state index contributed by atoms with van der Waals surface area (Å²) in [6.07, 6.45) is 3.29. The van der Waals surface area contributed by atoms with Crippen molar-refractivity contribution in [3.63, 3.8) is 0 Å². The van der Waals surface area contributed by atoms with E-state index in [2.05, 4.69) is 9.71 Å². The van der Waals surface area contributed by atoms with Gasteiger partial charge >= 0.3 is 0 Å². The maximum Gasteiger partial charge on any atom is 0.211 e. The predicted molar refractivity (Wildman–Crippen MR) is 74.1 cm³/mol. The molecule has 0 atom stereocenters. The number of H-pyrrole nitrogens is 1. The van der Waals surface area contributed by atoms with Crippen molar-refractivity contribution in [2.45, 2.75) is 19.8 Å². The zero-order chi connectivity index (χ0) is 13.0. The van der Waals surface area contributed by atoms with E-state index < -0.39 is 10.0 Å². The van der Waals surface area contributed by atoms with Gasteiger partial charge in [0.1, 0.15) is 0 Å². The SMILES string of the molecule is CCCS(=O)(=O)NCCc1c[nH]c2ccccc12. The Morgan fingerprint density at radius 1 is 1.28 bits per heavy atom. The van der Waals surface area contributed by atoms with E-state index in [0.29, 0.717) is 19.4 Å². The summed E-state index contributed by atoms with van der Waals surface area (Å²) in [5.41, 5.74) is 2.23. The maximum atomic E-state index is 11.5. The molecule has 0 spiro atoms. The third-order valence-electron chi connectivity index (χ3n) is 2.86. The summed E-state index contributed by atoms with van der Waals surface area (Å²) in [7, 11) is -3.10. The summed E-state index contributed by atoms with van der Waals surface area (Å²) >= 11 is 0. The fraction of sp³-hybridized carbons (Fsp3) is 0.385. The molecule has 0 radical (unpaired) electrons. The topological polar surface area (TPSA) is 62.0 Å². The van der Waals surface area contributed by atoms with E-state index in [1.165, 1.54) is 0 Å². The molecule has 4 nitrogen and oxygen atoms in total. The molecule has 0 aliphatic heterocycles. The number of hydrogen-bond acceptors (Lipinski definition) is 2. The van der Waals surface area contributed by atoms with Gasteiger partial charge in [0.05, 0.1) is 5.75 Å². The summed E-state index contributed by atoms with van der Waals surface area (Å²) in [5.74, 6) is 0.195. The molecule has 98 valence electrons. The first-order valence-corrected chi connectivity index (χ1v) is 7.80. The Kier molecular flexibility index (Phi) is 4.04. The Morgan fingerprint density at radius 2 is 2.06 bits per heavy atom. The van der Waals surface area contributed by atoms with E-state index in [4.69, 9.17) is 0 Å². The number of aromatic amines is 1. The molecule has 1 aromatic carbocycles. The van der Waals surface area contributed by atoms with E-state index in [1.54, 1.807) is 0 Å². The van der Waals surface area contributed by atoms with Gasteiger partial charge in [-0.2, -0.15) is 0 Å². The van der Waals surface area contributed by atoms with Crippen molar-refractivity contribution in [1.82, 2.24) is 9.71 Å². The predicted octanol–water partition coefficient (Wildman–Crippen LogP) is 2.04. The molecular weight excluding hydrogens is 248 g/mol. The second-order valence-corrected chi connectivity index (χ2v) is 6.25. The average molecular weight is 266 g/mol. The Balaban J connectivity index is 1.99. The lowest BCUT2D eigenvalue weighted by Crippen LogP contribution is -2.28. The molecule has 0 saturated heterocycles. The van der Waals surface area contributed by atoms with Crippen LogP contribution in [-0.4, -0.2) is 25.7 Å². The minimum atomic E-state index is -3.10. The fourth-order valence-corrected chi connectivity index (χ4v) is 3.12. The third-order valence-corrected chi connectivity index (χ3v) is 4.45. The van der Waals surface area contributed by atoms with Crippen LogP contribution in [0.15, 0.2) is 30.5 Å². The minimum absolute atomic E-state index is 0.195. The lowest BCUT2D eigenvalue weighted by Gasteiger charge is -2.04. The molecule has 0 aliphatic rings. The molecule has 0 amide bonds. The van der Waals surface area contributed by atoms with Gasteiger partial charge < -0.3 is 4.98 Å². The van der Waals surface area contributed by atoms with Gasteiger partial charge in [-0.25, -0.2) is 13.1 Å². The number of fused-ring (bicyclic) bond motifs is 1. The van der Waals surface area contributed by atoms with Gasteiger partial charge in [-0.3, -0.25) is 0 Å². The third kappa shape index (κ3) is 3.11. The minimum Gasteiger partial charge on any atom is -0.361 e. The number of benzene rings is 1. The summed E-state index contributed by atoms with van der Waals surface area (Å²) < 4.78 is 25.6. The number of hydrogen-bond donors (Lipinski definition) is 2. The molecule has 18 heavy (non-hydrogen) atoms. The Bertz CT molecular complexity index is 617. The van der Waals surface area contributed by atoms with Gasteiger partial charge in [0.25, 0.3) is 0 Å². The van der Waals surface area contributed by atoms with Crippen LogP contribution >= 0.6 is 0 Å². The van der Waals surface area contributed by atoms with E-state index in [9.17, 15) is 8.42 Å². The highest BCUT2D eigenvalue weighted by molar-refractivity contribution is 7.89. The molecule has 1 aromatic heterocycles. The second-order valence-electron chi connectivity index (χ2n) is 4.32. The first-order valence-electron chi connectivity index (χ1n) is 6.15. The quantitative estimate of drug-likeness (QED) is 0.840. The van der Waals surface area contributed by atoms with Crippen molar-refractivity contribution in [1.29, 1.82) is 0 Å². The van der Waals surface area contributed by atoms with Gasteiger partial charge in [0.15, 0.2) is 0 Å². The van der Waals surface area contributed by atoms with Crippen LogP contribution in [0.4, 0.5) is 0 Å². The van der Waals surface area contributed by atoms with Gasteiger partial charge in [-0.1, -0.05) is 25.1 Å². The summed E-state index contributed by atoms with van der Waals surface area (Å²) in [6, 6.07) is 8.02. The molecule has 0 bridgehead atoms. The number of rotatable bonds is 6. The van der Waals surface area contributed by atoms with Crippen LogP contribution in [-0.2, 0) is 16.4 Å². The van der Waals surface area contributed by atoms with Crippen molar-refractivity contribution in [3.8, 4) is 0 Å². The Morgan fingerprint density at radius 3 is 2.83 bits per heavy atom. The first kappa shape index (κ1) is 13.1. The first-order chi connectivity index (χ1) is 8.62. The van der Waals surface area contributed by atoms with Crippen LogP contribution in [0, 0.1) is 0 Å². The lowest BCUT2D eigenvalue weighted by atomic mass is 10.1. The fourth-order valence-electron chi connectivity index (χ4n) is 2.02. The highest BCUT2D eigenvalue weighted by atomic mass is 32.2. The van der Waals surface area contributed by atoms with Crippen molar-refractivity contribution in [3.05, 3.63) is 36.0 Å². The smallest absolute Gasteiger partial charge is 0.211 e. The van der Waals surface area contributed by atoms with Gasteiger partial charge in [-0.15, -0.1) is 0 Å². The number of aromatic nitrogens is 1. The zero-order valence-electron chi connectivity index (χ0n) is 10.4. The van der Waals surface area contributed by atoms with E-state index in [-0.39, 0.29) is 5.75 Å². The van der Waals surface area contributed by atoms with Gasteiger partial charge in [0, 0.05) is 23.6 Å². The molecule has 0 unspecified atom stereocenters. The molecule has 2 N–H and O–H groups in total. The summed E-state index contributed by atoms with van der Waals surface area (Å²) in [6.45, 7) is 2.31. The average Bonchev–Trinajstić information content (AvgIpc) is 2.73. The zero-order valence-corrected chi connectivity index (χ0v) is 11.3. The van der Waals surface area contributed by atoms with Gasteiger partial charge in [0.2, 0.25) is 10.0 Å². The molecule has 2 aromatic rings. The van der Waals surface area contributed by atoms with E-state index in [0.717, 1.165) is 16.5 Å². The number of sulfonamides is 1. The van der Waals surface area contributed by atoms with Crippen LogP contribution in [0.1, 0.15) is 18.9 Å². The highest BCUT2D eigenvalue weighted by Gasteiger charge is 2.08. The van der Waals surface area contributed by atoms with Crippen molar-refractivity contribution >= 4 is 20.9 Å². The van der Waals surface area contributed by atoms with Crippen LogP contribution in [0.5, 0.6) is 0 Å². The number of para-hydroxylation sites is 1.